The largest absolute Gasteiger partial charge is 0.397 e. The summed E-state index contributed by atoms with van der Waals surface area (Å²) in [5.74, 6) is -0.265. The van der Waals surface area contributed by atoms with Gasteiger partial charge in [-0.1, -0.05) is 48.9 Å². The van der Waals surface area contributed by atoms with Crippen LogP contribution < -0.4 is 21.7 Å². The highest BCUT2D eigenvalue weighted by molar-refractivity contribution is 5.94. The lowest BCUT2D eigenvalue weighted by molar-refractivity contribution is -0.116. The first-order valence-electron chi connectivity index (χ1n) is 12.0. The molecule has 1 aromatic heterocycles. The minimum Gasteiger partial charge on any atom is -0.397 e. The molecule has 2 amide bonds. The van der Waals surface area contributed by atoms with Crippen molar-refractivity contribution >= 4 is 34.6 Å². The van der Waals surface area contributed by atoms with Gasteiger partial charge in [0.1, 0.15) is 5.69 Å². The number of H-pyrrole nitrogens is 1. The van der Waals surface area contributed by atoms with E-state index in [1.54, 1.807) is 18.2 Å². The van der Waals surface area contributed by atoms with Gasteiger partial charge in [-0.15, -0.1) is 0 Å². The monoisotopic (exact) mass is 482 g/mol. The molecule has 0 fully saturated rings. The van der Waals surface area contributed by atoms with Crippen LogP contribution in [0.5, 0.6) is 0 Å². The number of carbonyl (C=O) groups is 2. The molecule has 0 radical (unpaired) electrons. The Hall–Kier alpha value is -4.59. The fourth-order valence-corrected chi connectivity index (χ4v) is 3.71. The normalized spacial score (nSPS) is 10.6. The fourth-order valence-electron chi connectivity index (χ4n) is 3.71. The van der Waals surface area contributed by atoms with E-state index in [9.17, 15) is 9.59 Å². The van der Waals surface area contributed by atoms with Crippen LogP contribution in [-0.2, 0) is 4.79 Å². The van der Waals surface area contributed by atoms with E-state index in [2.05, 4.69) is 26.1 Å². The number of nitrogen functional groups attached to an aromatic ring is 1. The molecule has 0 bridgehead atoms. The number of hydrogen-bond donors (Lipinski definition) is 5. The quantitative estimate of drug-likeness (QED) is 0.146. The van der Waals surface area contributed by atoms with E-state index in [1.807, 2.05) is 66.7 Å². The van der Waals surface area contributed by atoms with Gasteiger partial charge in [0, 0.05) is 29.9 Å². The molecule has 0 aliphatic carbocycles. The van der Waals surface area contributed by atoms with Gasteiger partial charge in [0.2, 0.25) is 5.91 Å². The highest BCUT2D eigenvalue weighted by Gasteiger charge is 2.11. The van der Waals surface area contributed by atoms with Crippen molar-refractivity contribution in [1.82, 2.24) is 15.5 Å². The summed E-state index contributed by atoms with van der Waals surface area (Å²) >= 11 is 0. The van der Waals surface area contributed by atoms with Crippen molar-refractivity contribution in [2.45, 2.75) is 25.7 Å². The Labute approximate surface area is 210 Å². The molecular weight excluding hydrogens is 452 g/mol. The second kappa shape index (κ2) is 12.2. The van der Waals surface area contributed by atoms with Gasteiger partial charge in [-0.3, -0.25) is 14.7 Å². The number of aromatic amines is 1. The van der Waals surface area contributed by atoms with Crippen molar-refractivity contribution in [2.75, 3.05) is 22.9 Å². The van der Waals surface area contributed by atoms with Gasteiger partial charge < -0.3 is 21.7 Å². The number of unbranched alkanes of at least 4 members (excludes halogenated alkanes) is 2. The number of benzene rings is 3. The zero-order valence-corrected chi connectivity index (χ0v) is 20.0. The van der Waals surface area contributed by atoms with Gasteiger partial charge in [0.15, 0.2) is 0 Å². The molecule has 0 unspecified atom stereocenters. The molecule has 4 rings (SSSR count). The number of para-hydroxylation sites is 3. The summed E-state index contributed by atoms with van der Waals surface area (Å²) in [5, 5.41) is 16.2. The third kappa shape index (κ3) is 6.96. The van der Waals surface area contributed by atoms with Gasteiger partial charge in [-0.25, -0.2) is 0 Å². The van der Waals surface area contributed by atoms with Crippen LogP contribution in [0, 0.1) is 0 Å². The zero-order chi connectivity index (χ0) is 25.2. The Bertz CT molecular complexity index is 1280. The maximum absolute atomic E-state index is 12.5. The SMILES string of the molecule is Nc1ccccc1NC(=O)CCCCCNC(=O)c1cc(-c2ccc(Nc3ccccc3)cc2)n[nH]1. The predicted octanol–water partition coefficient (Wildman–Crippen LogP) is 5.33. The molecule has 6 N–H and O–H groups in total. The van der Waals surface area contributed by atoms with Crippen molar-refractivity contribution in [3.05, 3.63) is 90.6 Å². The second-order valence-corrected chi connectivity index (χ2v) is 8.44. The van der Waals surface area contributed by atoms with Crippen LogP contribution in [0.2, 0.25) is 0 Å². The number of aromatic nitrogens is 2. The zero-order valence-electron chi connectivity index (χ0n) is 20.0. The molecule has 184 valence electrons. The third-order valence-corrected chi connectivity index (χ3v) is 5.67. The standard InChI is InChI=1S/C28H30N6O2/c29-23-11-6-7-12-24(23)32-27(35)13-5-2-8-18-30-28(36)26-19-25(33-34-26)20-14-16-22(17-15-20)31-21-9-3-1-4-10-21/h1,3-4,6-7,9-12,14-17,19,31H,2,5,8,13,18,29H2,(H,30,36)(H,32,35)(H,33,34). The second-order valence-electron chi connectivity index (χ2n) is 8.44. The Morgan fingerprint density at radius 3 is 2.33 bits per heavy atom. The summed E-state index contributed by atoms with van der Waals surface area (Å²) in [5.41, 5.74) is 11.0. The van der Waals surface area contributed by atoms with Crippen LogP contribution in [-0.4, -0.2) is 28.6 Å². The number of anilines is 4. The van der Waals surface area contributed by atoms with E-state index in [-0.39, 0.29) is 11.8 Å². The minimum absolute atomic E-state index is 0.0641. The predicted molar refractivity (Wildman–Crippen MR) is 144 cm³/mol. The average Bonchev–Trinajstić information content (AvgIpc) is 3.39. The average molecular weight is 483 g/mol. The molecule has 0 saturated heterocycles. The van der Waals surface area contributed by atoms with Crippen LogP contribution in [0.4, 0.5) is 22.7 Å². The highest BCUT2D eigenvalue weighted by atomic mass is 16.2. The van der Waals surface area contributed by atoms with E-state index < -0.39 is 0 Å². The number of hydrogen-bond acceptors (Lipinski definition) is 5. The van der Waals surface area contributed by atoms with E-state index in [0.29, 0.717) is 35.7 Å². The first-order valence-corrected chi connectivity index (χ1v) is 12.0. The molecular formula is C28H30N6O2. The fraction of sp³-hybridized carbons (Fsp3) is 0.179. The van der Waals surface area contributed by atoms with Gasteiger partial charge in [-0.05, 0) is 55.3 Å². The number of carbonyl (C=O) groups excluding carboxylic acids is 2. The molecule has 0 spiro atoms. The van der Waals surface area contributed by atoms with Crippen LogP contribution in [0.1, 0.15) is 36.2 Å². The molecule has 0 aliphatic rings. The molecule has 1 heterocycles. The first-order chi connectivity index (χ1) is 17.6. The molecule has 0 saturated carbocycles. The molecule has 0 aliphatic heterocycles. The van der Waals surface area contributed by atoms with Crippen LogP contribution in [0.3, 0.4) is 0 Å². The molecule has 36 heavy (non-hydrogen) atoms. The highest BCUT2D eigenvalue weighted by Crippen LogP contribution is 2.22. The maximum atomic E-state index is 12.5. The lowest BCUT2D eigenvalue weighted by Gasteiger charge is -2.08. The van der Waals surface area contributed by atoms with E-state index in [4.69, 9.17) is 5.73 Å². The van der Waals surface area contributed by atoms with Crippen LogP contribution >= 0.6 is 0 Å². The van der Waals surface area contributed by atoms with Crippen LogP contribution in [0.25, 0.3) is 11.3 Å². The van der Waals surface area contributed by atoms with Crippen molar-refractivity contribution < 1.29 is 9.59 Å². The number of nitrogens with two attached hydrogens (primary N) is 1. The van der Waals surface area contributed by atoms with Crippen LogP contribution in [0.15, 0.2) is 84.9 Å². The van der Waals surface area contributed by atoms with Gasteiger partial charge in [0.25, 0.3) is 5.91 Å². The molecule has 8 heteroatoms. The van der Waals surface area contributed by atoms with Crippen molar-refractivity contribution in [1.29, 1.82) is 0 Å². The third-order valence-electron chi connectivity index (χ3n) is 5.67. The summed E-state index contributed by atoms with van der Waals surface area (Å²) in [6.07, 6.45) is 2.75. The Morgan fingerprint density at radius 1 is 0.833 bits per heavy atom. The summed E-state index contributed by atoms with van der Waals surface area (Å²) in [4.78, 5) is 24.5. The lowest BCUT2D eigenvalue weighted by Crippen LogP contribution is -2.24. The Morgan fingerprint density at radius 2 is 1.56 bits per heavy atom. The Balaban J connectivity index is 1.16. The molecule has 8 nitrogen and oxygen atoms in total. The van der Waals surface area contributed by atoms with Crippen molar-refractivity contribution in [2.24, 2.45) is 0 Å². The number of nitrogens with one attached hydrogen (secondary N) is 4. The van der Waals surface area contributed by atoms with Gasteiger partial charge in [-0.2, -0.15) is 5.10 Å². The van der Waals surface area contributed by atoms with E-state index in [0.717, 1.165) is 36.2 Å². The first kappa shape index (κ1) is 24.5. The summed E-state index contributed by atoms with van der Waals surface area (Å²) in [6, 6.07) is 26.8. The smallest absolute Gasteiger partial charge is 0.269 e. The number of rotatable bonds is 11. The van der Waals surface area contributed by atoms with Crippen molar-refractivity contribution in [3.63, 3.8) is 0 Å². The van der Waals surface area contributed by atoms with E-state index in [1.165, 1.54) is 0 Å². The topological polar surface area (TPSA) is 125 Å². The Kier molecular flexibility index (Phi) is 8.32. The summed E-state index contributed by atoms with van der Waals surface area (Å²) in [6.45, 7) is 0.528. The maximum Gasteiger partial charge on any atom is 0.269 e. The molecule has 0 atom stereocenters. The minimum atomic E-state index is -0.201. The van der Waals surface area contributed by atoms with Crippen molar-refractivity contribution in [3.8, 4) is 11.3 Å². The summed E-state index contributed by atoms with van der Waals surface area (Å²) in [7, 11) is 0. The van der Waals surface area contributed by atoms with Gasteiger partial charge in [0.05, 0.1) is 17.1 Å². The summed E-state index contributed by atoms with van der Waals surface area (Å²) < 4.78 is 0. The number of nitrogens with zero attached hydrogens (tertiary/aromatic N) is 1. The lowest BCUT2D eigenvalue weighted by atomic mass is 10.1. The van der Waals surface area contributed by atoms with Gasteiger partial charge >= 0.3 is 0 Å². The van der Waals surface area contributed by atoms with E-state index >= 15 is 0 Å². The molecule has 4 aromatic rings. The number of amides is 2. The molecule has 3 aromatic carbocycles.